The van der Waals surface area contributed by atoms with Crippen molar-refractivity contribution in [1.82, 2.24) is 29.7 Å². The molecular formula is C12H13ClN6. The predicted molar refractivity (Wildman–Crippen MR) is 72.4 cm³/mol. The third kappa shape index (κ3) is 2.19. The first-order valence-electron chi connectivity index (χ1n) is 6.04. The molecule has 98 valence electrons. The van der Waals surface area contributed by atoms with Gasteiger partial charge in [0.05, 0.1) is 12.0 Å². The molecule has 3 rings (SSSR count). The molecule has 0 saturated heterocycles. The van der Waals surface area contributed by atoms with E-state index in [4.69, 9.17) is 11.6 Å². The van der Waals surface area contributed by atoms with Gasteiger partial charge in [-0.1, -0.05) is 25.4 Å². The van der Waals surface area contributed by atoms with Crippen molar-refractivity contribution >= 4 is 22.8 Å². The number of hydrogen-bond donors (Lipinski definition) is 1. The molecule has 0 fully saturated rings. The molecule has 0 atom stereocenters. The zero-order chi connectivity index (χ0) is 13.4. The molecule has 0 radical (unpaired) electrons. The Balaban J connectivity index is 2.11. The van der Waals surface area contributed by atoms with Crippen LogP contribution < -0.4 is 0 Å². The second kappa shape index (κ2) is 4.62. The van der Waals surface area contributed by atoms with E-state index in [0.29, 0.717) is 22.5 Å². The number of fused-ring (bicyclic) bond motifs is 1. The Hall–Kier alpha value is -1.95. The molecule has 3 heterocycles. The number of hydrogen-bond acceptors (Lipinski definition) is 4. The lowest BCUT2D eigenvalue weighted by molar-refractivity contribution is 0.627. The van der Waals surface area contributed by atoms with Crippen LogP contribution in [-0.2, 0) is 6.42 Å². The second-order valence-electron chi connectivity index (χ2n) is 4.77. The van der Waals surface area contributed by atoms with Gasteiger partial charge in [0.2, 0.25) is 0 Å². The van der Waals surface area contributed by atoms with Gasteiger partial charge < -0.3 is 4.98 Å². The maximum Gasteiger partial charge on any atom is 0.184 e. The lowest BCUT2D eigenvalue weighted by atomic mass is 10.1. The molecule has 3 aromatic heterocycles. The highest BCUT2D eigenvalue weighted by Gasteiger charge is 2.14. The average molecular weight is 277 g/mol. The molecule has 0 saturated carbocycles. The Labute approximate surface area is 114 Å². The number of nitrogens with zero attached hydrogens (tertiary/aromatic N) is 5. The first-order valence-corrected chi connectivity index (χ1v) is 6.42. The fraction of sp³-hybridized carbons (Fsp3) is 0.333. The quantitative estimate of drug-likeness (QED) is 0.797. The third-order valence-electron chi connectivity index (χ3n) is 2.74. The Morgan fingerprint density at radius 1 is 1.32 bits per heavy atom. The summed E-state index contributed by atoms with van der Waals surface area (Å²) in [5.74, 6) is 1.14. The second-order valence-corrected chi connectivity index (χ2v) is 5.15. The van der Waals surface area contributed by atoms with Crippen molar-refractivity contribution in [2.45, 2.75) is 20.3 Å². The molecule has 1 N–H and O–H groups in total. The highest BCUT2D eigenvalue weighted by Crippen LogP contribution is 2.21. The minimum absolute atomic E-state index is 0.525. The van der Waals surface area contributed by atoms with Crippen molar-refractivity contribution in [3.63, 3.8) is 0 Å². The maximum absolute atomic E-state index is 6.24. The van der Waals surface area contributed by atoms with Crippen LogP contribution >= 0.6 is 11.6 Å². The summed E-state index contributed by atoms with van der Waals surface area (Å²) in [6, 6.07) is 1.87. The summed E-state index contributed by atoms with van der Waals surface area (Å²) >= 11 is 6.24. The number of H-pyrrole nitrogens is 1. The molecule has 0 spiro atoms. The van der Waals surface area contributed by atoms with Crippen molar-refractivity contribution in [2.24, 2.45) is 5.92 Å². The van der Waals surface area contributed by atoms with E-state index in [9.17, 15) is 0 Å². The molecule has 0 aliphatic rings. The van der Waals surface area contributed by atoms with Crippen molar-refractivity contribution in [3.05, 3.63) is 29.6 Å². The summed E-state index contributed by atoms with van der Waals surface area (Å²) in [5.41, 5.74) is 2.27. The monoisotopic (exact) mass is 276 g/mol. The van der Waals surface area contributed by atoms with Gasteiger partial charge in [-0.25, -0.2) is 19.6 Å². The summed E-state index contributed by atoms with van der Waals surface area (Å²) in [6.07, 6.45) is 3.91. The fourth-order valence-corrected chi connectivity index (χ4v) is 2.23. The molecule has 0 aliphatic carbocycles. The van der Waals surface area contributed by atoms with Crippen molar-refractivity contribution in [2.75, 3.05) is 0 Å². The smallest absolute Gasteiger partial charge is 0.184 e. The van der Waals surface area contributed by atoms with Crippen molar-refractivity contribution in [3.8, 4) is 5.82 Å². The summed E-state index contributed by atoms with van der Waals surface area (Å²) < 4.78 is 1.61. The summed E-state index contributed by atoms with van der Waals surface area (Å²) in [6.45, 7) is 4.29. The Morgan fingerprint density at radius 2 is 2.16 bits per heavy atom. The van der Waals surface area contributed by atoms with Gasteiger partial charge in [0.15, 0.2) is 11.5 Å². The van der Waals surface area contributed by atoms with Gasteiger partial charge in [-0.15, -0.1) is 0 Å². The summed E-state index contributed by atoms with van der Waals surface area (Å²) in [7, 11) is 0. The fourth-order valence-electron chi connectivity index (χ4n) is 1.98. The number of halogens is 1. The van der Waals surface area contributed by atoms with Gasteiger partial charge in [-0.2, -0.15) is 5.10 Å². The number of imidazole rings is 1. The number of nitrogens with one attached hydrogen (secondary N) is 1. The average Bonchev–Trinajstić information content (AvgIpc) is 2.94. The molecular weight excluding hydrogens is 264 g/mol. The predicted octanol–water partition coefficient (Wildman–Crippen LogP) is 2.39. The standard InChI is InChI=1S/C12H13ClN6/c1-7(2)3-8-4-9(13)19(18-8)12-10-11(15-5-14-10)16-6-17-12/h4-7H,3H2,1-2H3,(H,14,15,16,17). The number of rotatable bonds is 3. The summed E-state index contributed by atoms with van der Waals surface area (Å²) in [5, 5.41) is 5.03. The summed E-state index contributed by atoms with van der Waals surface area (Å²) in [4.78, 5) is 15.4. The Morgan fingerprint density at radius 3 is 2.95 bits per heavy atom. The highest BCUT2D eigenvalue weighted by molar-refractivity contribution is 6.29. The van der Waals surface area contributed by atoms with Crippen LogP contribution in [0.4, 0.5) is 0 Å². The Kier molecular flexibility index (Phi) is 2.94. The van der Waals surface area contributed by atoms with Crippen LogP contribution in [0.5, 0.6) is 0 Å². The van der Waals surface area contributed by atoms with E-state index in [-0.39, 0.29) is 0 Å². The SMILES string of the molecule is CC(C)Cc1cc(Cl)n(-c2ncnc3nc[nH]c23)n1. The minimum atomic E-state index is 0.525. The van der Waals surface area contributed by atoms with Crippen LogP contribution in [0.2, 0.25) is 5.15 Å². The van der Waals surface area contributed by atoms with Crippen molar-refractivity contribution < 1.29 is 0 Å². The van der Waals surface area contributed by atoms with Crippen LogP contribution in [-0.4, -0.2) is 29.7 Å². The maximum atomic E-state index is 6.24. The zero-order valence-electron chi connectivity index (χ0n) is 10.6. The van der Waals surface area contributed by atoms with E-state index in [1.54, 1.807) is 11.0 Å². The first-order chi connectivity index (χ1) is 9.15. The van der Waals surface area contributed by atoms with Gasteiger partial charge in [-0.05, 0) is 18.4 Å². The van der Waals surface area contributed by atoms with Gasteiger partial charge in [0.25, 0.3) is 0 Å². The van der Waals surface area contributed by atoms with E-state index in [2.05, 4.69) is 38.9 Å². The topological polar surface area (TPSA) is 72.3 Å². The molecule has 0 aromatic carbocycles. The Bertz CT molecular complexity index is 714. The molecule has 0 amide bonds. The zero-order valence-corrected chi connectivity index (χ0v) is 11.4. The largest absolute Gasteiger partial charge is 0.340 e. The molecule has 19 heavy (non-hydrogen) atoms. The van der Waals surface area contributed by atoms with Gasteiger partial charge in [-0.3, -0.25) is 0 Å². The van der Waals surface area contributed by atoms with Crippen molar-refractivity contribution in [1.29, 1.82) is 0 Å². The molecule has 0 aliphatic heterocycles. The normalized spacial score (nSPS) is 11.6. The lowest BCUT2D eigenvalue weighted by Crippen LogP contribution is -2.03. The van der Waals surface area contributed by atoms with E-state index in [0.717, 1.165) is 17.6 Å². The number of aromatic nitrogens is 6. The molecule has 3 aromatic rings. The molecule has 0 unspecified atom stereocenters. The van der Waals surface area contributed by atoms with Crippen LogP contribution in [0.15, 0.2) is 18.7 Å². The van der Waals surface area contributed by atoms with Gasteiger partial charge in [0.1, 0.15) is 17.0 Å². The van der Waals surface area contributed by atoms with Crippen LogP contribution in [0.1, 0.15) is 19.5 Å². The van der Waals surface area contributed by atoms with Gasteiger partial charge in [0, 0.05) is 0 Å². The molecule has 7 heteroatoms. The number of aromatic amines is 1. The minimum Gasteiger partial charge on any atom is -0.340 e. The van der Waals surface area contributed by atoms with E-state index < -0.39 is 0 Å². The first kappa shape index (κ1) is 12.1. The van der Waals surface area contributed by atoms with E-state index in [1.807, 2.05) is 6.07 Å². The van der Waals surface area contributed by atoms with E-state index >= 15 is 0 Å². The van der Waals surface area contributed by atoms with Crippen LogP contribution in [0.3, 0.4) is 0 Å². The molecule has 6 nitrogen and oxygen atoms in total. The molecule has 0 bridgehead atoms. The lowest BCUT2D eigenvalue weighted by Gasteiger charge is -2.02. The highest BCUT2D eigenvalue weighted by atomic mass is 35.5. The third-order valence-corrected chi connectivity index (χ3v) is 3.01. The van der Waals surface area contributed by atoms with Crippen LogP contribution in [0, 0.1) is 5.92 Å². The van der Waals surface area contributed by atoms with Gasteiger partial charge >= 0.3 is 0 Å². The van der Waals surface area contributed by atoms with Crippen LogP contribution in [0.25, 0.3) is 17.0 Å². The van der Waals surface area contributed by atoms with E-state index in [1.165, 1.54) is 6.33 Å².